The van der Waals surface area contributed by atoms with Crippen LogP contribution in [0.5, 0.6) is 0 Å². The minimum atomic E-state index is -4.59. The van der Waals surface area contributed by atoms with Gasteiger partial charge < -0.3 is 9.80 Å². The summed E-state index contributed by atoms with van der Waals surface area (Å²) in [5.74, 6) is 0.142. The van der Waals surface area contributed by atoms with Gasteiger partial charge in [0.2, 0.25) is 0 Å². The van der Waals surface area contributed by atoms with Gasteiger partial charge in [0.25, 0.3) is 5.91 Å². The van der Waals surface area contributed by atoms with Crippen LogP contribution in [0.3, 0.4) is 0 Å². The fourth-order valence-electron chi connectivity index (χ4n) is 5.02. The Hall–Kier alpha value is -3.95. The van der Waals surface area contributed by atoms with Crippen LogP contribution < -0.4 is 4.90 Å². The quantitative estimate of drug-likeness (QED) is 0.384. The highest BCUT2D eigenvalue weighted by Crippen LogP contribution is 2.35. The van der Waals surface area contributed by atoms with E-state index in [0.717, 1.165) is 34.0 Å². The Bertz CT molecular complexity index is 1460. The number of hydrogen-bond acceptors (Lipinski definition) is 5. The van der Waals surface area contributed by atoms with E-state index in [1.807, 2.05) is 37.4 Å². The molecule has 0 spiro atoms. The number of hydrogen-bond donors (Lipinski definition) is 0. The lowest BCUT2D eigenvalue weighted by molar-refractivity contribution is -0.138. The zero-order valence-corrected chi connectivity index (χ0v) is 20.8. The van der Waals surface area contributed by atoms with Crippen LogP contribution in [0.15, 0.2) is 54.7 Å². The lowest BCUT2D eigenvalue weighted by Gasteiger charge is -2.37. The average molecular weight is 509 g/mol. The van der Waals surface area contributed by atoms with E-state index < -0.39 is 17.6 Å². The third-order valence-electron chi connectivity index (χ3n) is 7.07. The van der Waals surface area contributed by atoms with Crippen molar-refractivity contribution in [2.75, 3.05) is 25.0 Å². The maximum Gasteiger partial charge on any atom is 0.417 e. The van der Waals surface area contributed by atoms with Crippen LogP contribution in [-0.4, -0.2) is 57.0 Å². The molecule has 0 N–H and O–H groups in total. The Kier molecular flexibility index (Phi) is 6.35. The van der Waals surface area contributed by atoms with E-state index in [9.17, 15) is 18.0 Å². The summed E-state index contributed by atoms with van der Waals surface area (Å²) in [6, 6.07) is 13.5. The highest BCUT2D eigenvalue weighted by atomic mass is 19.4. The molecule has 1 aliphatic heterocycles. The Labute approximate surface area is 212 Å². The molecule has 1 fully saturated rings. The molecule has 0 radical (unpaired) electrons. The van der Waals surface area contributed by atoms with Crippen molar-refractivity contribution < 1.29 is 18.0 Å². The number of aryl methyl sites for hydroxylation is 2. The molecule has 2 aromatic heterocycles. The van der Waals surface area contributed by atoms with Crippen molar-refractivity contribution in [2.24, 2.45) is 7.05 Å². The largest absolute Gasteiger partial charge is 0.417 e. The van der Waals surface area contributed by atoms with Gasteiger partial charge >= 0.3 is 6.18 Å². The highest BCUT2D eigenvalue weighted by Gasteiger charge is 2.37. The smallest absolute Gasteiger partial charge is 0.354 e. The zero-order valence-electron chi connectivity index (χ0n) is 20.8. The van der Waals surface area contributed by atoms with E-state index in [2.05, 4.69) is 20.2 Å². The molecule has 3 heterocycles. The molecule has 0 saturated carbocycles. The Morgan fingerprint density at radius 1 is 1.03 bits per heavy atom. The van der Waals surface area contributed by atoms with Crippen LogP contribution in [-0.2, 0) is 13.2 Å². The first-order chi connectivity index (χ1) is 17.6. The maximum atomic E-state index is 13.6. The number of piperidine rings is 1. The number of rotatable bonds is 4. The van der Waals surface area contributed by atoms with Gasteiger partial charge in [0, 0.05) is 50.2 Å². The summed E-state index contributed by atoms with van der Waals surface area (Å²) >= 11 is 0. The van der Waals surface area contributed by atoms with Gasteiger partial charge in [0.1, 0.15) is 5.69 Å². The van der Waals surface area contributed by atoms with Crippen LogP contribution in [0.1, 0.15) is 34.3 Å². The minimum absolute atomic E-state index is 0.181. The molecule has 2 aromatic carbocycles. The van der Waals surface area contributed by atoms with Crippen LogP contribution in [0.25, 0.3) is 22.2 Å². The molecule has 4 aromatic rings. The van der Waals surface area contributed by atoms with Crippen molar-refractivity contribution in [3.05, 3.63) is 71.4 Å². The molecule has 0 aliphatic carbocycles. The van der Waals surface area contributed by atoms with E-state index in [1.165, 1.54) is 17.0 Å². The number of amides is 1. The summed E-state index contributed by atoms with van der Waals surface area (Å²) in [4.78, 5) is 16.7. The average Bonchev–Trinajstić information content (AvgIpc) is 3.32. The third kappa shape index (κ3) is 4.63. The second kappa shape index (κ2) is 9.49. The maximum absolute atomic E-state index is 13.6. The molecule has 0 unspecified atom stereocenters. The fourth-order valence-corrected chi connectivity index (χ4v) is 5.02. The first-order valence-electron chi connectivity index (χ1n) is 12.1. The zero-order chi connectivity index (χ0) is 26.3. The number of anilines is 1. The van der Waals surface area contributed by atoms with E-state index in [0.29, 0.717) is 31.5 Å². The highest BCUT2D eigenvalue weighted by molar-refractivity contribution is 6.00. The molecule has 37 heavy (non-hydrogen) atoms. The van der Waals surface area contributed by atoms with Gasteiger partial charge in [-0.1, -0.05) is 35.9 Å². The minimum Gasteiger partial charge on any atom is -0.354 e. The van der Waals surface area contributed by atoms with E-state index in [1.54, 1.807) is 24.9 Å². The second-order valence-corrected chi connectivity index (χ2v) is 9.44. The van der Waals surface area contributed by atoms with Crippen LogP contribution in [0.2, 0.25) is 0 Å². The summed E-state index contributed by atoms with van der Waals surface area (Å²) < 4.78 is 42.6. The Balaban J connectivity index is 1.36. The summed E-state index contributed by atoms with van der Waals surface area (Å²) in [7, 11) is 3.44. The van der Waals surface area contributed by atoms with Gasteiger partial charge in [-0.3, -0.25) is 9.48 Å². The van der Waals surface area contributed by atoms with Crippen molar-refractivity contribution >= 4 is 22.5 Å². The standard InChI is InChI=1S/C27H27F3N6O/c1-17-8-9-21(22(16-17)27(28,29)30)26(37)34(2)18-11-14-36(15-12-18)25-20-7-5-4-6-19(20)24(32-33-25)23-10-13-31-35(23)3/h4-10,13,16,18H,11-12,14-15H2,1-3H3. The molecule has 1 amide bonds. The van der Waals surface area contributed by atoms with E-state index in [-0.39, 0.29) is 11.6 Å². The number of aromatic nitrogens is 4. The second-order valence-electron chi connectivity index (χ2n) is 9.44. The van der Waals surface area contributed by atoms with Crippen molar-refractivity contribution in [2.45, 2.75) is 32.0 Å². The summed E-state index contributed by atoms with van der Waals surface area (Å²) in [5, 5.41) is 15.2. The van der Waals surface area contributed by atoms with Gasteiger partial charge in [0.15, 0.2) is 5.82 Å². The Morgan fingerprint density at radius 2 is 1.73 bits per heavy atom. The summed E-state index contributed by atoms with van der Waals surface area (Å²) in [6.07, 6.45) is -1.66. The van der Waals surface area contributed by atoms with Gasteiger partial charge in [-0.15, -0.1) is 10.2 Å². The van der Waals surface area contributed by atoms with Gasteiger partial charge in [-0.2, -0.15) is 18.3 Å². The predicted octanol–water partition coefficient (Wildman–Crippen LogP) is 5.10. The molecule has 0 bridgehead atoms. The number of benzene rings is 2. The van der Waals surface area contributed by atoms with E-state index >= 15 is 0 Å². The number of nitrogens with zero attached hydrogens (tertiary/aromatic N) is 6. The number of alkyl halides is 3. The third-order valence-corrected chi connectivity index (χ3v) is 7.07. The molecule has 5 rings (SSSR count). The Morgan fingerprint density at radius 3 is 2.38 bits per heavy atom. The number of carbonyl (C=O) groups excluding carboxylic acids is 1. The summed E-state index contributed by atoms with van der Waals surface area (Å²) in [5.41, 5.74) is 0.867. The topological polar surface area (TPSA) is 67.2 Å². The van der Waals surface area contributed by atoms with Crippen molar-refractivity contribution in [3.8, 4) is 11.4 Å². The molecule has 0 atom stereocenters. The number of carbonyl (C=O) groups is 1. The predicted molar refractivity (Wildman–Crippen MR) is 135 cm³/mol. The van der Waals surface area contributed by atoms with Gasteiger partial charge in [-0.05, 0) is 38.0 Å². The van der Waals surface area contributed by atoms with Gasteiger partial charge in [-0.25, -0.2) is 0 Å². The molecule has 7 nitrogen and oxygen atoms in total. The van der Waals surface area contributed by atoms with Crippen molar-refractivity contribution in [1.29, 1.82) is 0 Å². The SMILES string of the molecule is Cc1ccc(C(=O)N(C)C2CCN(c3nnc(-c4ccnn4C)c4ccccc34)CC2)c(C(F)(F)F)c1. The molecular weight excluding hydrogens is 481 g/mol. The van der Waals surface area contributed by atoms with Crippen LogP contribution >= 0.6 is 0 Å². The van der Waals surface area contributed by atoms with Crippen molar-refractivity contribution in [3.63, 3.8) is 0 Å². The lowest BCUT2D eigenvalue weighted by atomic mass is 9.99. The number of fused-ring (bicyclic) bond motifs is 1. The first-order valence-corrected chi connectivity index (χ1v) is 12.1. The summed E-state index contributed by atoms with van der Waals surface area (Å²) in [6.45, 7) is 2.79. The molecule has 1 saturated heterocycles. The van der Waals surface area contributed by atoms with Crippen LogP contribution in [0.4, 0.5) is 19.0 Å². The normalized spacial score (nSPS) is 14.8. The molecule has 10 heteroatoms. The molecular formula is C27H27F3N6O. The van der Waals surface area contributed by atoms with Gasteiger partial charge in [0.05, 0.1) is 16.8 Å². The lowest BCUT2D eigenvalue weighted by Crippen LogP contribution is -2.46. The monoisotopic (exact) mass is 508 g/mol. The number of halogens is 3. The van der Waals surface area contributed by atoms with Crippen molar-refractivity contribution in [1.82, 2.24) is 24.9 Å². The van der Waals surface area contributed by atoms with E-state index in [4.69, 9.17) is 0 Å². The molecule has 1 aliphatic rings. The van der Waals surface area contributed by atoms with Crippen LogP contribution in [0, 0.1) is 6.92 Å². The first kappa shape index (κ1) is 24.7. The fraction of sp³-hybridized carbons (Fsp3) is 0.333. The molecule has 192 valence electrons.